The van der Waals surface area contributed by atoms with Crippen LogP contribution in [0.1, 0.15) is 63.3 Å². The van der Waals surface area contributed by atoms with Crippen molar-refractivity contribution in [2.24, 2.45) is 0 Å². The highest BCUT2D eigenvalue weighted by atomic mass is 16.5. The monoisotopic (exact) mass is 279 g/mol. The van der Waals surface area contributed by atoms with Crippen LogP contribution in [0.2, 0.25) is 0 Å². The van der Waals surface area contributed by atoms with Crippen LogP contribution in [0.25, 0.3) is 0 Å². The average Bonchev–Trinajstić information content (AvgIpc) is 2.44. The molecule has 1 rings (SSSR count). The maximum Gasteiger partial charge on any atom is 0.160 e. The van der Waals surface area contributed by atoms with Gasteiger partial charge in [0.1, 0.15) is 5.60 Å². The van der Waals surface area contributed by atoms with E-state index in [1.54, 1.807) is 0 Å². The number of nitrogens with zero attached hydrogens (tertiary/aromatic N) is 2. The minimum Gasteiger partial charge on any atom is -0.367 e. The van der Waals surface area contributed by atoms with Crippen molar-refractivity contribution in [3.63, 3.8) is 0 Å². The molecule has 1 N–H and O–H groups in total. The largest absolute Gasteiger partial charge is 0.367 e. The van der Waals surface area contributed by atoms with Crippen LogP contribution in [0, 0.1) is 13.8 Å². The summed E-state index contributed by atoms with van der Waals surface area (Å²) in [5.74, 6) is 0.833. The van der Waals surface area contributed by atoms with Crippen LogP contribution in [0.15, 0.2) is 0 Å². The van der Waals surface area contributed by atoms with Crippen molar-refractivity contribution in [2.75, 3.05) is 13.2 Å². The minimum absolute atomic E-state index is 0.346. The zero-order valence-electron chi connectivity index (χ0n) is 13.8. The summed E-state index contributed by atoms with van der Waals surface area (Å²) >= 11 is 0. The first-order valence-electron chi connectivity index (χ1n) is 7.73. The Bertz CT molecular complexity index is 405. The molecule has 4 heteroatoms. The topological polar surface area (TPSA) is 47.0 Å². The van der Waals surface area contributed by atoms with Crippen LogP contribution in [0.5, 0.6) is 0 Å². The Morgan fingerprint density at radius 1 is 1.00 bits per heavy atom. The second-order valence-corrected chi connectivity index (χ2v) is 5.11. The van der Waals surface area contributed by atoms with E-state index in [0.717, 1.165) is 43.1 Å². The Morgan fingerprint density at radius 3 is 1.95 bits per heavy atom. The molecule has 0 fully saturated rings. The third-order valence-electron chi connectivity index (χ3n) is 3.94. The minimum atomic E-state index is -0.346. The van der Waals surface area contributed by atoms with Gasteiger partial charge in [0, 0.05) is 30.1 Å². The van der Waals surface area contributed by atoms with Crippen LogP contribution in [0.3, 0.4) is 0 Å². The Morgan fingerprint density at radius 2 is 1.55 bits per heavy atom. The van der Waals surface area contributed by atoms with Gasteiger partial charge in [0.25, 0.3) is 0 Å². The maximum absolute atomic E-state index is 6.00. The van der Waals surface area contributed by atoms with Crippen LogP contribution >= 0.6 is 0 Å². The molecular formula is C16H29N3O. The molecule has 0 saturated carbocycles. The van der Waals surface area contributed by atoms with E-state index in [-0.39, 0.29) is 5.60 Å². The standard InChI is InChI=1S/C16H29N3O/c1-7-16(8-2,20-10-4)15-18-12(5)14(11-17-9-3)13(6)19-15/h17H,7-11H2,1-6H3. The van der Waals surface area contributed by atoms with E-state index in [0.29, 0.717) is 6.61 Å². The number of hydrogen-bond donors (Lipinski definition) is 1. The van der Waals surface area contributed by atoms with Crippen molar-refractivity contribution in [1.82, 2.24) is 15.3 Å². The number of ether oxygens (including phenoxy) is 1. The van der Waals surface area contributed by atoms with Crippen molar-refractivity contribution in [2.45, 2.75) is 66.5 Å². The third-order valence-corrected chi connectivity index (χ3v) is 3.94. The molecule has 1 aromatic heterocycles. The summed E-state index contributed by atoms with van der Waals surface area (Å²) in [7, 11) is 0. The van der Waals surface area contributed by atoms with Gasteiger partial charge in [-0.1, -0.05) is 20.8 Å². The highest BCUT2D eigenvalue weighted by Crippen LogP contribution is 2.31. The lowest BCUT2D eigenvalue weighted by molar-refractivity contribution is -0.0574. The Balaban J connectivity index is 3.19. The zero-order chi connectivity index (χ0) is 15.2. The molecule has 20 heavy (non-hydrogen) atoms. The summed E-state index contributed by atoms with van der Waals surface area (Å²) in [5.41, 5.74) is 2.97. The quantitative estimate of drug-likeness (QED) is 0.793. The Hall–Kier alpha value is -1.00. The van der Waals surface area contributed by atoms with Gasteiger partial charge in [-0.05, 0) is 40.2 Å². The smallest absolute Gasteiger partial charge is 0.160 e. The fraction of sp³-hybridized carbons (Fsp3) is 0.750. The summed E-state index contributed by atoms with van der Waals surface area (Å²) in [6.07, 6.45) is 1.78. The highest BCUT2D eigenvalue weighted by molar-refractivity contribution is 5.25. The van der Waals surface area contributed by atoms with Gasteiger partial charge in [0.2, 0.25) is 0 Å². The predicted molar refractivity (Wildman–Crippen MR) is 82.8 cm³/mol. The molecule has 0 aliphatic rings. The molecular weight excluding hydrogens is 250 g/mol. The van der Waals surface area contributed by atoms with E-state index >= 15 is 0 Å². The van der Waals surface area contributed by atoms with E-state index in [9.17, 15) is 0 Å². The molecule has 0 atom stereocenters. The van der Waals surface area contributed by atoms with Gasteiger partial charge >= 0.3 is 0 Å². The van der Waals surface area contributed by atoms with E-state index in [2.05, 4.69) is 39.9 Å². The lowest BCUT2D eigenvalue weighted by Gasteiger charge is -2.30. The fourth-order valence-corrected chi connectivity index (χ4v) is 2.56. The molecule has 4 nitrogen and oxygen atoms in total. The van der Waals surface area contributed by atoms with E-state index in [4.69, 9.17) is 14.7 Å². The molecule has 0 aliphatic heterocycles. The van der Waals surface area contributed by atoms with Gasteiger partial charge in [-0.3, -0.25) is 0 Å². The lowest BCUT2D eigenvalue weighted by atomic mass is 9.95. The summed E-state index contributed by atoms with van der Waals surface area (Å²) in [6, 6.07) is 0. The number of hydrogen-bond acceptors (Lipinski definition) is 4. The Kier molecular flexibility index (Phi) is 6.56. The van der Waals surface area contributed by atoms with Gasteiger partial charge in [-0.25, -0.2) is 9.97 Å². The van der Waals surface area contributed by atoms with Gasteiger partial charge in [-0.15, -0.1) is 0 Å². The van der Waals surface area contributed by atoms with Gasteiger partial charge in [0.15, 0.2) is 5.82 Å². The molecule has 0 aromatic carbocycles. The van der Waals surface area contributed by atoms with Crippen molar-refractivity contribution in [1.29, 1.82) is 0 Å². The van der Waals surface area contributed by atoms with Crippen LogP contribution in [0.4, 0.5) is 0 Å². The van der Waals surface area contributed by atoms with E-state index < -0.39 is 0 Å². The SMILES string of the molecule is CCNCc1c(C)nc(C(CC)(CC)OCC)nc1C. The first-order chi connectivity index (χ1) is 9.54. The molecule has 0 amide bonds. The van der Waals surface area contributed by atoms with Crippen LogP contribution in [-0.4, -0.2) is 23.1 Å². The third kappa shape index (κ3) is 3.55. The highest BCUT2D eigenvalue weighted by Gasteiger charge is 2.33. The molecule has 0 aliphatic carbocycles. The van der Waals surface area contributed by atoms with Crippen molar-refractivity contribution in [3.8, 4) is 0 Å². The summed E-state index contributed by atoms with van der Waals surface area (Å²) in [5, 5.41) is 3.35. The number of nitrogens with one attached hydrogen (secondary N) is 1. The lowest BCUT2D eigenvalue weighted by Crippen LogP contribution is -2.32. The Labute approximate surface area is 123 Å². The molecule has 0 spiro atoms. The van der Waals surface area contributed by atoms with E-state index in [1.807, 2.05) is 6.92 Å². The molecule has 0 radical (unpaired) electrons. The summed E-state index contributed by atoms with van der Waals surface area (Å²) in [4.78, 5) is 9.49. The molecule has 1 heterocycles. The van der Waals surface area contributed by atoms with Gasteiger partial charge in [-0.2, -0.15) is 0 Å². The second-order valence-electron chi connectivity index (χ2n) is 5.11. The fourth-order valence-electron chi connectivity index (χ4n) is 2.56. The van der Waals surface area contributed by atoms with Crippen molar-refractivity contribution < 1.29 is 4.74 Å². The maximum atomic E-state index is 6.00. The summed E-state index contributed by atoms with van der Waals surface area (Å²) < 4.78 is 6.00. The van der Waals surface area contributed by atoms with Crippen molar-refractivity contribution >= 4 is 0 Å². The normalized spacial score (nSPS) is 11.9. The number of aryl methyl sites for hydroxylation is 2. The van der Waals surface area contributed by atoms with Gasteiger partial charge < -0.3 is 10.1 Å². The molecule has 1 aromatic rings. The second kappa shape index (κ2) is 7.70. The first-order valence-corrected chi connectivity index (χ1v) is 7.73. The molecule has 0 unspecified atom stereocenters. The first kappa shape index (κ1) is 17.1. The van der Waals surface area contributed by atoms with Gasteiger partial charge in [0.05, 0.1) is 0 Å². The van der Waals surface area contributed by atoms with E-state index in [1.165, 1.54) is 5.56 Å². The molecule has 114 valence electrons. The predicted octanol–water partition coefficient (Wildman–Crippen LogP) is 3.25. The van der Waals surface area contributed by atoms with Crippen LogP contribution < -0.4 is 5.32 Å². The number of aromatic nitrogens is 2. The van der Waals surface area contributed by atoms with Crippen LogP contribution in [-0.2, 0) is 16.9 Å². The van der Waals surface area contributed by atoms with Crippen molar-refractivity contribution in [3.05, 3.63) is 22.8 Å². The summed E-state index contributed by atoms with van der Waals surface area (Å²) in [6.45, 7) is 15.0. The average molecular weight is 279 g/mol. The zero-order valence-corrected chi connectivity index (χ0v) is 13.8. The molecule has 0 saturated heterocycles. The number of rotatable bonds is 8. The molecule has 0 bridgehead atoms.